The van der Waals surface area contributed by atoms with Crippen LogP contribution in [-0.2, 0) is 15.0 Å². The molecular formula is C21H25N3O6. The van der Waals surface area contributed by atoms with Crippen LogP contribution in [-0.4, -0.2) is 30.0 Å². The fourth-order valence-electron chi connectivity index (χ4n) is 2.38. The Hall–Kier alpha value is -3.62. The zero-order valence-electron chi connectivity index (χ0n) is 17.1. The highest BCUT2D eigenvalue weighted by molar-refractivity contribution is 5.83. The van der Waals surface area contributed by atoms with Gasteiger partial charge in [0.2, 0.25) is 0 Å². The van der Waals surface area contributed by atoms with Crippen molar-refractivity contribution in [3.05, 3.63) is 64.2 Å². The maximum absolute atomic E-state index is 11.8. The molecule has 2 rings (SSSR count). The van der Waals surface area contributed by atoms with Crippen LogP contribution in [0.4, 0.5) is 5.69 Å². The molecule has 0 atom stereocenters. The molecule has 0 aliphatic heterocycles. The molecule has 0 saturated carbocycles. The average Bonchev–Trinajstić information content (AvgIpc) is 2.75. The lowest BCUT2D eigenvalue weighted by Crippen LogP contribution is -2.45. The van der Waals surface area contributed by atoms with Gasteiger partial charge in [-0.05, 0) is 41.7 Å². The Morgan fingerprint density at radius 3 is 1.73 bits per heavy atom. The Balaban J connectivity index is 1.70. The van der Waals surface area contributed by atoms with Crippen LogP contribution in [0, 0.1) is 10.1 Å². The molecule has 0 saturated heterocycles. The molecule has 0 fully saturated rings. The fourth-order valence-corrected chi connectivity index (χ4v) is 2.38. The molecule has 0 radical (unpaired) electrons. The van der Waals surface area contributed by atoms with Crippen molar-refractivity contribution in [2.24, 2.45) is 0 Å². The van der Waals surface area contributed by atoms with Gasteiger partial charge in [-0.3, -0.25) is 30.6 Å². The van der Waals surface area contributed by atoms with Gasteiger partial charge in [-0.25, -0.2) is 0 Å². The number of nitrogens with zero attached hydrogens (tertiary/aromatic N) is 1. The highest BCUT2D eigenvalue weighted by Gasteiger charge is 2.17. The number of benzene rings is 2. The third-order valence-corrected chi connectivity index (χ3v) is 4.65. The summed E-state index contributed by atoms with van der Waals surface area (Å²) >= 11 is 0. The van der Waals surface area contributed by atoms with Gasteiger partial charge < -0.3 is 9.47 Å². The molecule has 2 aromatic carbocycles. The van der Waals surface area contributed by atoms with Gasteiger partial charge in [0.1, 0.15) is 11.5 Å². The molecular weight excluding hydrogens is 390 g/mol. The first-order chi connectivity index (χ1) is 14.2. The van der Waals surface area contributed by atoms with Crippen molar-refractivity contribution >= 4 is 17.5 Å². The Bertz CT molecular complexity index is 879. The number of rotatable bonds is 9. The maximum atomic E-state index is 11.8. The van der Waals surface area contributed by atoms with Crippen molar-refractivity contribution in [3.63, 3.8) is 0 Å². The van der Waals surface area contributed by atoms with E-state index in [1.54, 1.807) is 12.1 Å². The van der Waals surface area contributed by atoms with E-state index in [1.807, 2.05) is 12.1 Å². The summed E-state index contributed by atoms with van der Waals surface area (Å²) in [5, 5.41) is 10.6. The monoisotopic (exact) mass is 415 g/mol. The van der Waals surface area contributed by atoms with E-state index < -0.39 is 16.7 Å². The first kappa shape index (κ1) is 22.7. The van der Waals surface area contributed by atoms with Gasteiger partial charge in [0, 0.05) is 12.1 Å². The number of carbonyl (C=O) groups is 2. The molecule has 30 heavy (non-hydrogen) atoms. The number of nitro benzene ring substituents is 1. The number of hydrazine groups is 1. The molecule has 9 nitrogen and oxygen atoms in total. The number of carbonyl (C=O) groups excluding carboxylic acids is 2. The molecule has 160 valence electrons. The molecule has 2 amide bonds. The van der Waals surface area contributed by atoms with Crippen LogP contribution in [0.25, 0.3) is 0 Å². The quantitative estimate of drug-likeness (QED) is 0.480. The van der Waals surface area contributed by atoms with Crippen LogP contribution in [0.15, 0.2) is 48.5 Å². The van der Waals surface area contributed by atoms with Crippen molar-refractivity contribution in [2.75, 3.05) is 13.2 Å². The van der Waals surface area contributed by atoms with Crippen molar-refractivity contribution < 1.29 is 24.0 Å². The van der Waals surface area contributed by atoms with E-state index in [-0.39, 0.29) is 24.3 Å². The SMILES string of the molecule is CCC(C)(C)c1ccc(OCC(=O)NNC(=O)COc2ccc([N+](=O)[O-])cc2)cc1. The molecule has 2 N–H and O–H groups in total. The first-order valence-corrected chi connectivity index (χ1v) is 9.39. The van der Waals surface area contributed by atoms with E-state index >= 15 is 0 Å². The lowest BCUT2D eigenvalue weighted by Gasteiger charge is -2.23. The number of non-ortho nitro benzene ring substituents is 1. The van der Waals surface area contributed by atoms with E-state index in [2.05, 4.69) is 31.6 Å². The predicted molar refractivity (Wildman–Crippen MR) is 110 cm³/mol. The summed E-state index contributed by atoms with van der Waals surface area (Å²) in [6, 6.07) is 12.8. The van der Waals surface area contributed by atoms with Gasteiger partial charge in [-0.1, -0.05) is 32.9 Å². The molecule has 2 aromatic rings. The molecule has 0 unspecified atom stereocenters. The molecule has 0 aromatic heterocycles. The number of nitrogens with one attached hydrogen (secondary N) is 2. The average molecular weight is 415 g/mol. The van der Waals surface area contributed by atoms with Gasteiger partial charge >= 0.3 is 0 Å². The molecule has 0 bridgehead atoms. The second kappa shape index (κ2) is 10.2. The summed E-state index contributed by atoms with van der Waals surface area (Å²) in [4.78, 5) is 33.6. The third-order valence-electron chi connectivity index (χ3n) is 4.65. The zero-order valence-corrected chi connectivity index (χ0v) is 17.1. The van der Waals surface area contributed by atoms with E-state index in [4.69, 9.17) is 9.47 Å². The second-order valence-electron chi connectivity index (χ2n) is 7.19. The fraction of sp³-hybridized carbons (Fsp3) is 0.333. The standard InChI is InChI=1S/C21H25N3O6/c1-4-21(2,3)15-5-9-17(10-6-15)29-13-19(25)22-23-20(26)14-30-18-11-7-16(8-12-18)24(27)28/h5-12H,4,13-14H2,1-3H3,(H,22,25)(H,23,26). The van der Waals surface area contributed by atoms with E-state index in [0.717, 1.165) is 6.42 Å². The van der Waals surface area contributed by atoms with Crippen molar-refractivity contribution in [2.45, 2.75) is 32.6 Å². The summed E-state index contributed by atoms with van der Waals surface area (Å²) in [6.45, 7) is 5.81. The largest absolute Gasteiger partial charge is 0.484 e. The molecule has 0 aliphatic rings. The summed E-state index contributed by atoms with van der Waals surface area (Å²) in [5.41, 5.74) is 5.60. The number of amides is 2. The smallest absolute Gasteiger partial charge is 0.276 e. The number of ether oxygens (including phenoxy) is 2. The van der Waals surface area contributed by atoms with Gasteiger partial charge in [0.15, 0.2) is 13.2 Å². The second-order valence-corrected chi connectivity index (χ2v) is 7.19. The van der Waals surface area contributed by atoms with Gasteiger partial charge in [0.05, 0.1) is 4.92 Å². The lowest BCUT2D eigenvalue weighted by molar-refractivity contribution is -0.384. The Labute approximate surface area is 174 Å². The summed E-state index contributed by atoms with van der Waals surface area (Å²) in [7, 11) is 0. The highest BCUT2D eigenvalue weighted by atomic mass is 16.6. The number of hydrogen-bond donors (Lipinski definition) is 2. The van der Waals surface area contributed by atoms with Crippen LogP contribution in [0.1, 0.15) is 32.8 Å². The molecule has 0 spiro atoms. The van der Waals surface area contributed by atoms with Crippen LogP contribution in [0.5, 0.6) is 11.5 Å². The molecule has 0 heterocycles. The predicted octanol–water partition coefficient (Wildman–Crippen LogP) is 2.89. The Morgan fingerprint density at radius 1 is 0.900 bits per heavy atom. The maximum Gasteiger partial charge on any atom is 0.276 e. The highest BCUT2D eigenvalue weighted by Crippen LogP contribution is 2.28. The van der Waals surface area contributed by atoms with E-state index in [0.29, 0.717) is 11.5 Å². The van der Waals surface area contributed by atoms with Crippen LogP contribution in [0.3, 0.4) is 0 Å². The van der Waals surface area contributed by atoms with Crippen LogP contribution in [0.2, 0.25) is 0 Å². The minimum absolute atomic E-state index is 0.0662. The normalized spacial score (nSPS) is 10.8. The van der Waals surface area contributed by atoms with Gasteiger partial charge in [0.25, 0.3) is 17.5 Å². The zero-order chi connectivity index (χ0) is 22.1. The van der Waals surface area contributed by atoms with Gasteiger partial charge in [-0.2, -0.15) is 0 Å². The summed E-state index contributed by atoms with van der Waals surface area (Å²) in [6.07, 6.45) is 1.00. The molecule has 0 aliphatic carbocycles. The van der Waals surface area contributed by atoms with Crippen molar-refractivity contribution in [1.29, 1.82) is 0 Å². The van der Waals surface area contributed by atoms with Gasteiger partial charge in [-0.15, -0.1) is 0 Å². The minimum Gasteiger partial charge on any atom is -0.484 e. The van der Waals surface area contributed by atoms with Crippen LogP contribution >= 0.6 is 0 Å². The van der Waals surface area contributed by atoms with Crippen molar-refractivity contribution in [1.82, 2.24) is 10.9 Å². The third kappa shape index (κ3) is 6.77. The lowest BCUT2D eigenvalue weighted by atomic mass is 9.82. The first-order valence-electron chi connectivity index (χ1n) is 9.39. The number of nitro groups is 1. The van der Waals surface area contributed by atoms with E-state index in [1.165, 1.54) is 29.8 Å². The van der Waals surface area contributed by atoms with Crippen LogP contribution < -0.4 is 20.3 Å². The number of hydrogen-bond acceptors (Lipinski definition) is 6. The summed E-state index contributed by atoms with van der Waals surface area (Å²) < 4.78 is 10.6. The topological polar surface area (TPSA) is 120 Å². The Morgan fingerprint density at radius 2 is 1.33 bits per heavy atom. The van der Waals surface area contributed by atoms with Crippen molar-refractivity contribution in [3.8, 4) is 11.5 Å². The summed E-state index contributed by atoms with van der Waals surface area (Å²) in [5.74, 6) is -0.279. The molecule has 9 heteroatoms. The Kier molecular flexibility index (Phi) is 7.74. The van der Waals surface area contributed by atoms with E-state index in [9.17, 15) is 19.7 Å². The minimum atomic E-state index is -0.590.